The van der Waals surface area contributed by atoms with Gasteiger partial charge in [0.2, 0.25) is 0 Å². The quantitative estimate of drug-likeness (QED) is 0.345. The van der Waals surface area contributed by atoms with Crippen molar-refractivity contribution in [1.29, 1.82) is 0 Å². The van der Waals surface area contributed by atoms with Crippen molar-refractivity contribution in [2.45, 2.75) is 0 Å². The molecular weight excluding hydrogens is 204 g/mol. The Bertz CT molecular complexity index is 418. The summed E-state index contributed by atoms with van der Waals surface area (Å²) < 4.78 is 0. The number of nitrogens with zero attached hydrogens (tertiary/aromatic N) is 6. The second-order valence-corrected chi connectivity index (χ2v) is 2.53. The second-order valence-electron chi connectivity index (χ2n) is 2.53. The molecule has 0 radical (unpaired) electrons. The molecule has 0 fully saturated rings. The van der Waals surface area contributed by atoms with Gasteiger partial charge >= 0.3 is 0 Å². The monoisotopic (exact) mass is 212 g/mol. The average molecular weight is 212 g/mol. The molecule has 80 valence electrons. The van der Waals surface area contributed by atoms with Crippen molar-refractivity contribution in [2.24, 2.45) is 0 Å². The maximum atomic E-state index is 6.75. The van der Waals surface area contributed by atoms with Gasteiger partial charge in [-0.05, 0) is 10.8 Å². The van der Waals surface area contributed by atoms with Gasteiger partial charge in [-0.15, -0.1) is 0 Å². The van der Waals surface area contributed by atoms with E-state index in [1.54, 1.807) is 0 Å². The minimum absolute atomic E-state index is 1.31. The van der Waals surface area contributed by atoms with E-state index in [-0.39, 0.29) is 0 Å². The van der Waals surface area contributed by atoms with Crippen LogP contribution in [-0.4, -0.2) is 0 Å². The van der Waals surface area contributed by atoms with Gasteiger partial charge in [0.1, 0.15) is 0 Å². The summed E-state index contributed by atoms with van der Waals surface area (Å²) in [5, 5.41) is 2.62. The molecule has 0 aliphatic carbocycles. The van der Waals surface area contributed by atoms with Crippen LogP contribution in [0.5, 0.6) is 0 Å². The lowest BCUT2D eigenvalue weighted by molar-refractivity contribution is 1.75. The fourth-order valence-electron chi connectivity index (χ4n) is 1.13. The zero-order valence-corrected chi connectivity index (χ0v) is 8.30. The Morgan fingerprint density at radius 2 is 0.750 bits per heavy atom. The summed E-state index contributed by atoms with van der Waals surface area (Å²) in [7, 11) is 0. The van der Waals surface area contributed by atoms with Crippen molar-refractivity contribution in [3.8, 4) is 0 Å². The van der Waals surface area contributed by atoms with Crippen LogP contribution in [0.4, 0.5) is 0 Å². The smallest absolute Gasteiger partial charge is 0.0184 e. The third-order valence-corrected chi connectivity index (χ3v) is 1.66. The van der Waals surface area contributed by atoms with Gasteiger partial charge in [-0.1, -0.05) is 48.5 Å². The normalized spacial score (nSPS) is 7.25. The van der Waals surface area contributed by atoms with E-state index in [0.717, 1.165) is 0 Å². The topological polar surface area (TPSA) is 117 Å². The third kappa shape index (κ3) is 5.14. The Balaban J connectivity index is 0.000000321. The largest absolute Gasteiger partial charge is 0.373 e. The van der Waals surface area contributed by atoms with E-state index in [9.17, 15) is 0 Å². The zero-order chi connectivity index (χ0) is 12.2. The first kappa shape index (κ1) is 13.3. The molecular formula is C10H8N6-2. The number of benzene rings is 2. The first-order valence-corrected chi connectivity index (χ1v) is 4.20. The first-order valence-electron chi connectivity index (χ1n) is 4.20. The number of hydrogen-bond donors (Lipinski definition) is 0. The third-order valence-electron chi connectivity index (χ3n) is 1.66. The molecule has 0 bridgehead atoms. The molecule has 2 rings (SSSR count). The lowest BCUT2D eigenvalue weighted by Crippen LogP contribution is -1.67. The minimum atomic E-state index is 1.31. The highest BCUT2D eigenvalue weighted by Gasteiger charge is 1.85. The average Bonchev–Trinajstić information content (AvgIpc) is 2.31. The predicted molar refractivity (Wildman–Crippen MR) is 64.1 cm³/mol. The van der Waals surface area contributed by atoms with Crippen LogP contribution in [0.2, 0.25) is 0 Å². The summed E-state index contributed by atoms with van der Waals surface area (Å²) in [5.41, 5.74) is 27.0. The second kappa shape index (κ2) is 8.90. The molecule has 6 nitrogen and oxygen atoms in total. The molecule has 0 spiro atoms. The van der Waals surface area contributed by atoms with E-state index in [0.29, 0.717) is 0 Å². The van der Waals surface area contributed by atoms with Gasteiger partial charge in [-0.2, -0.15) is 0 Å². The molecule has 0 heterocycles. The molecule has 0 saturated carbocycles. The van der Waals surface area contributed by atoms with Gasteiger partial charge in [0, 0.05) is 0 Å². The number of hydrogen-bond acceptors (Lipinski definition) is 0. The molecule has 0 aliphatic rings. The van der Waals surface area contributed by atoms with E-state index >= 15 is 0 Å². The highest BCUT2D eigenvalue weighted by molar-refractivity contribution is 5.81. The van der Waals surface area contributed by atoms with Gasteiger partial charge in [-0.25, -0.2) is 0 Å². The molecule has 0 aromatic heterocycles. The minimum Gasteiger partial charge on any atom is -0.373 e. The molecule has 0 aliphatic heterocycles. The molecule has 0 amide bonds. The molecule has 2 aromatic rings. The number of fused-ring (bicyclic) bond motifs is 1. The molecule has 0 atom stereocenters. The summed E-state index contributed by atoms with van der Waals surface area (Å²) in [6.07, 6.45) is 0. The molecule has 0 unspecified atom stereocenters. The van der Waals surface area contributed by atoms with Crippen molar-refractivity contribution >= 4 is 10.8 Å². The van der Waals surface area contributed by atoms with Crippen LogP contribution in [0.15, 0.2) is 48.5 Å². The number of rotatable bonds is 0. The molecule has 2 aromatic carbocycles. The Kier molecular flexibility index (Phi) is 7.41. The maximum absolute atomic E-state index is 6.75. The van der Waals surface area contributed by atoms with Gasteiger partial charge < -0.3 is 22.1 Å². The molecule has 0 N–H and O–H groups in total. The Morgan fingerprint density at radius 1 is 0.562 bits per heavy atom. The summed E-state index contributed by atoms with van der Waals surface area (Å²) in [5.74, 6) is 0. The predicted octanol–water partition coefficient (Wildman–Crippen LogP) is 4.57. The Labute approximate surface area is 92.0 Å². The lowest BCUT2D eigenvalue weighted by Gasteiger charge is -1.92. The fourth-order valence-corrected chi connectivity index (χ4v) is 1.13. The van der Waals surface area contributed by atoms with Crippen LogP contribution in [0, 0.1) is 0 Å². The SMILES string of the molecule is [N-]=[N+]=[N-].[N-]=[N+]=[N-].c1ccc2ccccc2c1. The summed E-state index contributed by atoms with van der Waals surface area (Å²) in [6, 6.07) is 16.7. The van der Waals surface area contributed by atoms with Crippen molar-refractivity contribution in [2.75, 3.05) is 0 Å². The van der Waals surface area contributed by atoms with Crippen LogP contribution in [0.3, 0.4) is 0 Å². The van der Waals surface area contributed by atoms with E-state index in [1.165, 1.54) is 20.6 Å². The maximum Gasteiger partial charge on any atom is -0.0184 e. The van der Waals surface area contributed by atoms with Gasteiger partial charge in [0.05, 0.1) is 0 Å². The molecule has 0 saturated heterocycles. The summed E-state index contributed by atoms with van der Waals surface area (Å²) in [4.78, 5) is 3.00. The Morgan fingerprint density at radius 3 is 0.938 bits per heavy atom. The van der Waals surface area contributed by atoms with Gasteiger partial charge in [0.25, 0.3) is 0 Å². The van der Waals surface area contributed by atoms with Crippen LogP contribution in [0.1, 0.15) is 0 Å². The van der Waals surface area contributed by atoms with Crippen molar-refractivity contribution in [3.05, 3.63) is 80.5 Å². The van der Waals surface area contributed by atoms with Crippen molar-refractivity contribution < 1.29 is 0 Å². The van der Waals surface area contributed by atoms with Crippen molar-refractivity contribution in [3.63, 3.8) is 0 Å². The first-order chi connectivity index (χ1) is 7.79. The van der Waals surface area contributed by atoms with Crippen LogP contribution in [-0.2, 0) is 0 Å². The highest BCUT2D eigenvalue weighted by atomic mass is 15.0. The van der Waals surface area contributed by atoms with E-state index in [2.05, 4.69) is 48.5 Å². The summed E-state index contributed by atoms with van der Waals surface area (Å²) in [6.45, 7) is 0. The molecule has 16 heavy (non-hydrogen) atoms. The fraction of sp³-hybridized carbons (Fsp3) is 0. The van der Waals surface area contributed by atoms with Crippen LogP contribution in [0.25, 0.3) is 42.7 Å². The molecule has 6 heteroatoms. The van der Waals surface area contributed by atoms with Gasteiger partial charge in [0.15, 0.2) is 0 Å². The Hall–Kier alpha value is -2.68. The lowest BCUT2D eigenvalue weighted by atomic mass is 10.1. The summed E-state index contributed by atoms with van der Waals surface area (Å²) >= 11 is 0. The van der Waals surface area contributed by atoms with Crippen LogP contribution >= 0.6 is 0 Å². The zero-order valence-electron chi connectivity index (χ0n) is 8.30. The standard InChI is InChI=1S/C10H8.2N3/c1-2-6-10-8-4-3-7-9(10)5-1;2*1-3-2/h1-8H;;/q;2*-1. The van der Waals surface area contributed by atoms with E-state index < -0.39 is 0 Å². The highest BCUT2D eigenvalue weighted by Crippen LogP contribution is 2.11. The van der Waals surface area contributed by atoms with Gasteiger partial charge in [-0.3, -0.25) is 9.82 Å². The van der Waals surface area contributed by atoms with Crippen LogP contribution < -0.4 is 0 Å². The van der Waals surface area contributed by atoms with E-state index in [4.69, 9.17) is 22.1 Å². The van der Waals surface area contributed by atoms with Crippen molar-refractivity contribution in [1.82, 2.24) is 0 Å². The van der Waals surface area contributed by atoms with E-state index in [1.807, 2.05) is 0 Å².